The summed E-state index contributed by atoms with van der Waals surface area (Å²) in [7, 11) is 0. The van der Waals surface area contributed by atoms with Gasteiger partial charge in [0.25, 0.3) is 11.6 Å². The van der Waals surface area contributed by atoms with E-state index in [1.54, 1.807) is 19.2 Å². The fourth-order valence-corrected chi connectivity index (χ4v) is 4.02. The molecule has 1 amide bonds. The molecule has 35 heavy (non-hydrogen) atoms. The van der Waals surface area contributed by atoms with E-state index in [0.717, 1.165) is 24.8 Å². The van der Waals surface area contributed by atoms with E-state index in [1.807, 2.05) is 6.07 Å². The Morgan fingerprint density at radius 2 is 1.89 bits per heavy atom. The molecule has 180 valence electrons. The first-order valence-corrected chi connectivity index (χ1v) is 10.8. The first-order chi connectivity index (χ1) is 16.8. The molecule has 4 heterocycles. The Labute approximate surface area is 197 Å². The monoisotopic (exact) mass is 483 g/mol. The number of rotatable bonds is 4. The van der Waals surface area contributed by atoms with E-state index in [0.29, 0.717) is 30.1 Å². The molecule has 8 nitrogen and oxygen atoms in total. The van der Waals surface area contributed by atoms with Crippen molar-refractivity contribution in [3.05, 3.63) is 65.5 Å². The van der Waals surface area contributed by atoms with Crippen LogP contribution in [-0.2, 0) is 10.9 Å². The number of halogens is 3. The molecule has 1 saturated heterocycles. The smallest absolute Gasteiger partial charge is 0.378 e. The lowest BCUT2D eigenvalue weighted by Crippen LogP contribution is -2.36. The van der Waals surface area contributed by atoms with Crippen molar-refractivity contribution in [2.24, 2.45) is 0 Å². The minimum atomic E-state index is -4.60. The Morgan fingerprint density at radius 3 is 2.60 bits per heavy atom. The standard InChI is InChI=1S/C24H20F3N5O3/c1-14-21-17(22(33)30-20-7-6-15(13-28-20)32-8-10-34-11-9-32)12-19(29-23(21)35-31-14)16-4-2-3-5-18(16)24(25,26)27/h2-7,12-13H,8-11H2,1H3,(H,28,30,33). The summed E-state index contributed by atoms with van der Waals surface area (Å²) in [6.45, 7) is 4.39. The zero-order chi connectivity index (χ0) is 24.6. The number of amides is 1. The van der Waals surface area contributed by atoms with Crippen molar-refractivity contribution >= 4 is 28.5 Å². The predicted octanol–water partition coefficient (Wildman–Crippen LogP) is 4.70. The van der Waals surface area contributed by atoms with Crippen LogP contribution in [0.5, 0.6) is 0 Å². The fraction of sp³-hybridized carbons (Fsp3) is 0.250. The zero-order valence-electron chi connectivity index (χ0n) is 18.6. The lowest BCUT2D eigenvalue weighted by atomic mass is 10.0. The summed E-state index contributed by atoms with van der Waals surface area (Å²) in [6, 6.07) is 9.85. The molecule has 1 aliphatic rings. The minimum Gasteiger partial charge on any atom is -0.378 e. The summed E-state index contributed by atoms with van der Waals surface area (Å²) < 4.78 is 51.4. The first kappa shape index (κ1) is 22.8. The highest BCUT2D eigenvalue weighted by atomic mass is 19.4. The number of fused-ring (bicyclic) bond motifs is 1. The van der Waals surface area contributed by atoms with Crippen LogP contribution in [0.15, 0.2) is 53.2 Å². The average molecular weight is 483 g/mol. The third-order valence-electron chi connectivity index (χ3n) is 5.74. The largest absolute Gasteiger partial charge is 0.417 e. The van der Waals surface area contributed by atoms with Gasteiger partial charge in [-0.15, -0.1) is 0 Å². The number of alkyl halides is 3. The lowest BCUT2D eigenvalue weighted by Gasteiger charge is -2.28. The van der Waals surface area contributed by atoms with Crippen LogP contribution in [0.3, 0.4) is 0 Å². The highest BCUT2D eigenvalue weighted by Gasteiger charge is 2.34. The molecule has 1 aromatic carbocycles. The molecule has 4 aromatic rings. The summed E-state index contributed by atoms with van der Waals surface area (Å²) in [5, 5.41) is 6.87. The maximum Gasteiger partial charge on any atom is 0.417 e. The second-order valence-electron chi connectivity index (χ2n) is 8.00. The number of morpholine rings is 1. The van der Waals surface area contributed by atoms with Gasteiger partial charge in [-0.2, -0.15) is 13.2 Å². The predicted molar refractivity (Wildman–Crippen MR) is 122 cm³/mol. The van der Waals surface area contributed by atoms with Crippen LogP contribution in [-0.4, -0.2) is 47.3 Å². The number of nitrogens with one attached hydrogen (secondary N) is 1. The quantitative estimate of drug-likeness (QED) is 0.450. The molecule has 0 bridgehead atoms. The molecule has 3 aromatic heterocycles. The van der Waals surface area contributed by atoms with Crippen molar-refractivity contribution in [2.75, 3.05) is 36.5 Å². The van der Waals surface area contributed by atoms with Gasteiger partial charge in [-0.3, -0.25) is 4.79 Å². The van der Waals surface area contributed by atoms with Gasteiger partial charge >= 0.3 is 6.18 Å². The summed E-state index contributed by atoms with van der Waals surface area (Å²) in [4.78, 5) is 23.9. The van der Waals surface area contributed by atoms with Crippen molar-refractivity contribution in [2.45, 2.75) is 13.1 Å². The highest BCUT2D eigenvalue weighted by molar-refractivity contribution is 6.12. The van der Waals surface area contributed by atoms with E-state index in [1.165, 1.54) is 24.3 Å². The van der Waals surface area contributed by atoms with Gasteiger partial charge < -0.3 is 19.5 Å². The molecular weight excluding hydrogens is 463 g/mol. The SMILES string of the molecule is Cc1noc2nc(-c3ccccc3C(F)(F)F)cc(C(=O)Nc3ccc(N4CCOCC4)cn3)c12. The number of pyridine rings is 2. The number of carbonyl (C=O) groups excluding carboxylic acids is 1. The number of hydrogen-bond acceptors (Lipinski definition) is 7. The summed E-state index contributed by atoms with van der Waals surface area (Å²) in [5.41, 5.74) is 0.259. The number of benzene rings is 1. The van der Waals surface area contributed by atoms with Crippen molar-refractivity contribution in [1.82, 2.24) is 15.1 Å². The fourth-order valence-electron chi connectivity index (χ4n) is 4.02. The van der Waals surface area contributed by atoms with E-state index in [-0.39, 0.29) is 22.5 Å². The Kier molecular flexibility index (Phi) is 5.85. The van der Waals surface area contributed by atoms with Gasteiger partial charge in [-0.25, -0.2) is 9.97 Å². The van der Waals surface area contributed by atoms with Gasteiger partial charge in [0.15, 0.2) is 0 Å². The summed E-state index contributed by atoms with van der Waals surface area (Å²) in [5.74, 6) is -0.274. The molecule has 1 fully saturated rings. The number of anilines is 2. The molecule has 0 atom stereocenters. The van der Waals surface area contributed by atoms with Gasteiger partial charge in [0.05, 0.1) is 53.0 Å². The summed E-state index contributed by atoms with van der Waals surface area (Å²) in [6.07, 6.45) is -2.95. The Balaban J connectivity index is 1.49. The number of ether oxygens (including phenoxy) is 1. The lowest BCUT2D eigenvalue weighted by molar-refractivity contribution is -0.137. The third-order valence-corrected chi connectivity index (χ3v) is 5.74. The van der Waals surface area contributed by atoms with E-state index < -0.39 is 17.6 Å². The molecule has 0 aliphatic carbocycles. The molecular formula is C24H20F3N5O3. The van der Waals surface area contributed by atoms with E-state index >= 15 is 0 Å². The number of aryl methyl sites for hydroxylation is 1. The average Bonchev–Trinajstić information content (AvgIpc) is 3.24. The zero-order valence-corrected chi connectivity index (χ0v) is 18.6. The molecule has 5 rings (SSSR count). The van der Waals surface area contributed by atoms with Crippen LogP contribution in [0, 0.1) is 6.92 Å². The molecule has 11 heteroatoms. The van der Waals surface area contributed by atoms with Crippen molar-refractivity contribution in [3.8, 4) is 11.3 Å². The van der Waals surface area contributed by atoms with E-state index in [2.05, 4.69) is 25.3 Å². The number of aromatic nitrogens is 3. The second-order valence-corrected chi connectivity index (χ2v) is 8.00. The Bertz CT molecular complexity index is 1380. The molecule has 0 spiro atoms. The van der Waals surface area contributed by atoms with Crippen molar-refractivity contribution in [3.63, 3.8) is 0 Å². The Morgan fingerprint density at radius 1 is 1.11 bits per heavy atom. The number of hydrogen-bond donors (Lipinski definition) is 1. The third kappa shape index (κ3) is 4.54. The highest BCUT2D eigenvalue weighted by Crippen LogP contribution is 2.37. The maximum atomic E-state index is 13.6. The number of nitrogens with zero attached hydrogens (tertiary/aromatic N) is 4. The van der Waals surface area contributed by atoms with Gasteiger partial charge in [0, 0.05) is 18.7 Å². The molecule has 0 saturated carbocycles. The van der Waals surface area contributed by atoms with Crippen molar-refractivity contribution in [1.29, 1.82) is 0 Å². The summed E-state index contributed by atoms with van der Waals surface area (Å²) >= 11 is 0. The topological polar surface area (TPSA) is 93.4 Å². The van der Waals surface area contributed by atoms with Gasteiger partial charge in [0.2, 0.25) is 0 Å². The molecule has 0 radical (unpaired) electrons. The van der Waals surface area contributed by atoms with Crippen LogP contribution in [0.4, 0.5) is 24.7 Å². The van der Waals surface area contributed by atoms with Crippen LogP contribution in [0.2, 0.25) is 0 Å². The van der Waals surface area contributed by atoms with Gasteiger partial charge in [-0.1, -0.05) is 23.4 Å². The molecule has 1 N–H and O–H groups in total. The second kappa shape index (κ2) is 8.99. The van der Waals surface area contributed by atoms with Crippen molar-refractivity contribution < 1.29 is 27.2 Å². The van der Waals surface area contributed by atoms with E-state index in [4.69, 9.17) is 9.26 Å². The van der Waals surface area contributed by atoms with Crippen LogP contribution < -0.4 is 10.2 Å². The van der Waals surface area contributed by atoms with Crippen LogP contribution in [0.25, 0.3) is 22.4 Å². The maximum absolute atomic E-state index is 13.6. The number of carbonyl (C=O) groups is 1. The van der Waals surface area contributed by atoms with Gasteiger partial charge in [-0.05, 0) is 31.2 Å². The first-order valence-electron chi connectivity index (χ1n) is 10.8. The normalized spacial score (nSPS) is 14.3. The van der Waals surface area contributed by atoms with Crippen LogP contribution >= 0.6 is 0 Å². The van der Waals surface area contributed by atoms with E-state index in [9.17, 15) is 18.0 Å². The minimum absolute atomic E-state index is 0.0299. The molecule has 0 unspecified atom stereocenters. The Hall–Kier alpha value is -3.99. The van der Waals surface area contributed by atoms with Gasteiger partial charge in [0.1, 0.15) is 5.82 Å². The molecule has 1 aliphatic heterocycles. The van der Waals surface area contributed by atoms with Crippen LogP contribution in [0.1, 0.15) is 21.6 Å².